The SMILES string of the molecule is FC(F)(F)c1ccc(-c2nc(CSc3nnc(-c4cccs4)n3C3CC3)cs2)cc1. The smallest absolute Gasteiger partial charge is 0.298 e. The molecule has 0 bridgehead atoms. The highest BCUT2D eigenvalue weighted by molar-refractivity contribution is 7.98. The van der Waals surface area contributed by atoms with Crippen molar-refractivity contribution in [1.82, 2.24) is 19.7 Å². The summed E-state index contributed by atoms with van der Waals surface area (Å²) in [4.78, 5) is 5.71. The Morgan fingerprint density at radius 3 is 2.53 bits per heavy atom. The van der Waals surface area contributed by atoms with E-state index in [1.165, 1.54) is 23.5 Å². The molecule has 154 valence electrons. The number of hydrogen-bond acceptors (Lipinski definition) is 6. The maximum Gasteiger partial charge on any atom is 0.416 e. The van der Waals surface area contributed by atoms with E-state index in [1.54, 1.807) is 23.1 Å². The zero-order valence-electron chi connectivity index (χ0n) is 15.5. The van der Waals surface area contributed by atoms with Crippen LogP contribution in [0.4, 0.5) is 13.2 Å². The van der Waals surface area contributed by atoms with Gasteiger partial charge in [0.15, 0.2) is 11.0 Å². The Hall–Kier alpha value is -2.17. The van der Waals surface area contributed by atoms with Gasteiger partial charge in [-0.2, -0.15) is 13.2 Å². The number of rotatable bonds is 6. The van der Waals surface area contributed by atoms with Crippen LogP contribution in [0, 0.1) is 0 Å². The van der Waals surface area contributed by atoms with Gasteiger partial charge in [0, 0.05) is 22.7 Å². The second-order valence-electron chi connectivity index (χ2n) is 6.89. The molecule has 1 saturated carbocycles. The monoisotopic (exact) mass is 464 g/mol. The third-order valence-electron chi connectivity index (χ3n) is 4.68. The summed E-state index contributed by atoms with van der Waals surface area (Å²) in [5.41, 5.74) is 0.910. The topological polar surface area (TPSA) is 43.6 Å². The Morgan fingerprint density at radius 1 is 1.07 bits per heavy atom. The molecule has 5 rings (SSSR count). The van der Waals surface area contributed by atoms with Crippen LogP contribution in [0.5, 0.6) is 0 Å². The molecule has 3 aromatic heterocycles. The molecule has 1 aliphatic carbocycles. The fourth-order valence-electron chi connectivity index (χ4n) is 3.06. The number of thiazole rings is 1. The van der Waals surface area contributed by atoms with Gasteiger partial charge >= 0.3 is 6.18 Å². The van der Waals surface area contributed by atoms with Crippen LogP contribution < -0.4 is 0 Å². The average Bonchev–Trinajstić information content (AvgIpc) is 3.15. The molecule has 0 N–H and O–H groups in total. The third-order valence-corrected chi connectivity index (χ3v) is 7.46. The molecule has 0 aliphatic heterocycles. The van der Waals surface area contributed by atoms with Crippen molar-refractivity contribution >= 4 is 34.4 Å². The molecule has 1 aliphatic rings. The molecular weight excluding hydrogens is 449 g/mol. The van der Waals surface area contributed by atoms with E-state index in [9.17, 15) is 13.2 Å². The summed E-state index contributed by atoms with van der Waals surface area (Å²) in [5.74, 6) is 1.55. The van der Waals surface area contributed by atoms with Crippen molar-refractivity contribution in [2.75, 3.05) is 0 Å². The summed E-state index contributed by atoms with van der Waals surface area (Å²) in [7, 11) is 0. The van der Waals surface area contributed by atoms with E-state index in [0.717, 1.165) is 46.5 Å². The minimum absolute atomic E-state index is 0.456. The lowest BCUT2D eigenvalue weighted by atomic mass is 10.1. The van der Waals surface area contributed by atoms with Gasteiger partial charge in [0.1, 0.15) is 5.01 Å². The van der Waals surface area contributed by atoms with Crippen LogP contribution in [-0.2, 0) is 11.9 Å². The summed E-state index contributed by atoms with van der Waals surface area (Å²) < 4.78 is 40.5. The first-order valence-electron chi connectivity index (χ1n) is 9.22. The second kappa shape index (κ2) is 7.82. The van der Waals surface area contributed by atoms with Crippen molar-refractivity contribution in [2.45, 2.75) is 36.0 Å². The van der Waals surface area contributed by atoms with Crippen molar-refractivity contribution in [2.24, 2.45) is 0 Å². The maximum atomic E-state index is 12.7. The van der Waals surface area contributed by atoms with E-state index in [0.29, 0.717) is 22.4 Å². The fraction of sp³-hybridized carbons (Fsp3) is 0.250. The zero-order valence-corrected chi connectivity index (χ0v) is 17.9. The van der Waals surface area contributed by atoms with E-state index in [2.05, 4.69) is 25.8 Å². The summed E-state index contributed by atoms with van der Waals surface area (Å²) in [5, 5.41) is 14.4. The van der Waals surface area contributed by atoms with Crippen molar-refractivity contribution in [3.05, 3.63) is 58.4 Å². The number of aromatic nitrogens is 4. The van der Waals surface area contributed by atoms with E-state index in [1.807, 2.05) is 16.8 Å². The van der Waals surface area contributed by atoms with Gasteiger partial charge in [-0.25, -0.2) is 4.98 Å². The van der Waals surface area contributed by atoms with Crippen molar-refractivity contribution < 1.29 is 13.2 Å². The summed E-state index contributed by atoms with van der Waals surface area (Å²) in [6.45, 7) is 0. The minimum atomic E-state index is -4.33. The highest BCUT2D eigenvalue weighted by atomic mass is 32.2. The molecule has 30 heavy (non-hydrogen) atoms. The highest BCUT2D eigenvalue weighted by Gasteiger charge is 2.31. The van der Waals surface area contributed by atoms with Crippen LogP contribution in [0.3, 0.4) is 0 Å². The Bertz CT molecular complexity index is 1140. The molecule has 4 nitrogen and oxygen atoms in total. The molecule has 1 fully saturated rings. The van der Waals surface area contributed by atoms with E-state index in [-0.39, 0.29) is 0 Å². The lowest BCUT2D eigenvalue weighted by molar-refractivity contribution is -0.137. The molecule has 0 atom stereocenters. The number of thiophene rings is 1. The van der Waals surface area contributed by atoms with E-state index >= 15 is 0 Å². The lowest BCUT2D eigenvalue weighted by Crippen LogP contribution is -2.03. The number of benzene rings is 1. The molecule has 0 saturated heterocycles. The summed E-state index contributed by atoms with van der Waals surface area (Å²) in [6.07, 6.45) is -2.06. The quantitative estimate of drug-likeness (QED) is 0.295. The zero-order chi connectivity index (χ0) is 20.7. The number of nitrogens with zero attached hydrogens (tertiary/aromatic N) is 4. The van der Waals surface area contributed by atoms with Crippen LogP contribution >= 0.6 is 34.4 Å². The van der Waals surface area contributed by atoms with Crippen LogP contribution in [0.15, 0.2) is 52.3 Å². The Morgan fingerprint density at radius 2 is 1.87 bits per heavy atom. The van der Waals surface area contributed by atoms with Crippen LogP contribution in [-0.4, -0.2) is 19.7 Å². The van der Waals surface area contributed by atoms with Crippen LogP contribution in [0.2, 0.25) is 0 Å². The molecule has 0 spiro atoms. The number of thioether (sulfide) groups is 1. The van der Waals surface area contributed by atoms with Crippen LogP contribution in [0.25, 0.3) is 21.3 Å². The number of hydrogen-bond donors (Lipinski definition) is 0. The Labute approximate surface area is 182 Å². The van der Waals surface area contributed by atoms with Crippen LogP contribution in [0.1, 0.15) is 30.1 Å². The van der Waals surface area contributed by atoms with E-state index < -0.39 is 11.7 Å². The first kappa shape index (κ1) is 19.8. The summed E-state index contributed by atoms with van der Waals surface area (Å²) in [6, 6.07) is 9.64. The molecule has 3 heterocycles. The first-order valence-corrected chi connectivity index (χ1v) is 12.0. The normalized spacial score (nSPS) is 14.4. The molecule has 0 radical (unpaired) electrons. The van der Waals surface area contributed by atoms with Gasteiger partial charge in [0.25, 0.3) is 0 Å². The van der Waals surface area contributed by atoms with Crippen molar-refractivity contribution in [3.8, 4) is 21.3 Å². The molecule has 1 aromatic carbocycles. The maximum absolute atomic E-state index is 12.7. The van der Waals surface area contributed by atoms with Gasteiger partial charge in [-0.3, -0.25) is 4.57 Å². The molecule has 4 aromatic rings. The molecular formula is C20H15F3N4S3. The fourth-order valence-corrected chi connectivity index (χ4v) is 5.59. The molecule has 10 heteroatoms. The molecule has 0 unspecified atom stereocenters. The third kappa shape index (κ3) is 4.03. The lowest BCUT2D eigenvalue weighted by Gasteiger charge is -2.07. The van der Waals surface area contributed by atoms with Gasteiger partial charge < -0.3 is 0 Å². The first-order chi connectivity index (χ1) is 14.5. The Kier molecular flexibility index (Phi) is 5.16. The molecule has 0 amide bonds. The Balaban J connectivity index is 1.31. The predicted molar refractivity (Wildman–Crippen MR) is 114 cm³/mol. The summed E-state index contributed by atoms with van der Waals surface area (Å²) >= 11 is 4.67. The van der Waals surface area contributed by atoms with Crippen molar-refractivity contribution in [1.29, 1.82) is 0 Å². The second-order valence-corrected chi connectivity index (χ2v) is 9.64. The van der Waals surface area contributed by atoms with Gasteiger partial charge in [0.05, 0.1) is 16.1 Å². The standard InChI is InChI=1S/C20H15F3N4S3/c21-20(22,23)13-5-3-12(4-6-13)18-24-14(10-29-18)11-30-19-26-25-17(16-2-1-9-28-16)27(19)15-7-8-15/h1-6,9-10,15H,7-8,11H2. The van der Waals surface area contributed by atoms with Gasteiger partial charge in [-0.15, -0.1) is 32.9 Å². The minimum Gasteiger partial charge on any atom is -0.298 e. The highest BCUT2D eigenvalue weighted by Crippen LogP contribution is 2.42. The number of halogens is 3. The predicted octanol–water partition coefficient (Wildman–Crippen LogP) is 6.78. The van der Waals surface area contributed by atoms with Gasteiger partial charge in [0.2, 0.25) is 0 Å². The largest absolute Gasteiger partial charge is 0.416 e. The average molecular weight is 465 g/mol. The number of alkyl halides is 3. The van der Waals surface area contributed by atoms with E-state index in [4.69, 9.17) is 0 Å². The van der Waals surface area contributed by atoms with Gasteiger partial charge in [-0.1, -0.05) is 30.0 Å². The van der Waals surface area contributed by atoms with Crippen molar-refractivity contribution in [3.63, 3.8) is 0 Å². The van der Waals surface area contributed by atoms with Gasteiger partial charge in [-0.05, 0) is 36.4 Å².